The molecule has 5 heteroatoms. The fraction of sp³-hybridized carbons (Fsp3) is 0.375. The molecular weight excluding hydrogens is 268 g/mol. The van der Waals surface area contributed by atoms with Gasteiger partial charge in [-0.15, -0.1) is 0 Å². The van der Waals surface area contributed by atoms with E-state index in [1.165, 1.54) is 6.20 Å². The van der Waals surface area contributed by atoms with Crippen molar-refractivity contribution in [3.63, 3.8) is 0 Å². The maximum absolute atomic E-state index is 11.8. The topological polar surface area (TPSA) is 73.4 Å². The Balaban J connectivity index is 1.85. The number of nitrogens with zero attached hydrogens (tertiary/aromatic N) is 1. The molecule has 1 saturated heterocycles. The van der Waals surface area contributed by atoms with Crippen molar-refractivity contribution < 1.29 is 14.7 Å². The number of carbonyl (C=O) groups excluding carboxylic acids is 1. The normalized spacial score (nSPS) is 15.6. The number of amides is 1. The number of carbonyl (C=O) groups is 2. The number of fused-ring (bicyclic) bond motifs is 1. The highest BCUT2D eigenvalue weighted by Crippen LogP contribution is 2.24. The van der Waals surface area contributed by atoms with E-state index in [4.69, 9.17) is 0 Å². The van der Waals surface area contributed by atoms with E-state index in [0.717, 1.165) is 35.9 Å². The molecule has 2 aromatic rings. The molecule has 0 bridgehead atoms. The van der Waals surface area contributed by atoms with Gasteiger partial charge in [0.1, 0.15) is 0 Å². The molecule has 0 atom stereocenters. The maximum Gasteiger partial charge on any atom is 0.337 e. The Morgan fingerprint density at radius 3 is 2.95 bits per heavy atom. The number of hydrogen-bond acceptors (Lipinski definition) is 2. The van der Waals surface area contributed by atoms with Crippen molar-refractivity contribution in [1.82, 2.24) is 9.88 Å². The van der Waals surface area contributed by atoms with E-state index in [1.54, 1.807) is 0 Å². The second-order valence-corrected chi connectivity index (χ2v) is 5.44. The number of likely N-dealkylation sites (tertiary alicyclic amines) is 1. The molecule has 3 rings (SSSR count). The van der Waals surface area contributed by atoms with Crippen LogP contribution in [0.3, 0.4) is 0 Å². The Morgan fingerprint density at radius 1 is 1.33 bits per heavy atom. The Hall–Kier alpha value is -2.30. The first-order valence-corrected chi connectivity index (χ1v) is 7.27. The summed E-state index contributed by atoms with van der Waals surface area (Å²) in [6, 6.07) is 5.73. The summed E-state index contributed by atoms with van der Waals surface area (Å²) in [7, 11) is 0. The van der Waals surface area contributed by atoms with Gasteiger partial charge in [0.05, 0.1) is 5.56 Å². The highest BCUT2D eigenvalue weighted by molar-refractivity contribution is 6.04. The minimum atomic E-state index is -0.928. The van der Waals surface area contributed by atoms with Crippen LogP contribution in [0.1, 0.15) is 35.2 Å². The van der Waals surface area contributed by atoms with Crippen molar-refractivity contribution in [3.05, 3.63) is 35.5 Å². The van der Waals surface area contributed by atoms with Crippen molar-refractivity contribution in [2.45, 2.75) is 25.7 Å². The molecule has 0 unspecified atom stereocenters. The molecule has 0 aliphatic carbocycles. The van der Waals surface area contributed by atoms with Crippen molar-refractivity contribution in [3.8, 4) is 0 Å². The van der Waals surface area contributed by atoms with Gasteiger partial charge in [0.25, 0.3) is 0 Å². The van der Waals surface area contributed by atoms with E-state index in [1.807, 2.05) is 23.1 Å². The molecule has 1 aliphatic rings. The summed E-state index contributed by atoms with van der Waals surface area (Å²) in [4.78, 5) is 28.0. The zero-order chi connectivity index (χ0) is 14.8. The summed E-state index contributed by atoms with van der Waals surface area (Å²) in [6.45, 7) is 1.47. The van der Waals surface area contributed by atoms with Crippen molar-refractivity contribution in [1.29, 1.82) is 0 Å². The van der Waals surface area contributed by atoms with Crippen molar-refractivity contribution in [2.75, 3.05) is 13.1 Å². The molecule has 1 aromatic carbocycles. The van der Waals surface area contributed by atoms with Crippen LogP contribution in [0, 0.1) is 0 Å². The summed E-state index contributed by atoms with van der Waals surface area (Å²) in [5, 5.41) is 10.0. The third-order valence-corrected chi connectivity index (χ3v) is 4.09. The minimum Gasteiger partial charge on any atom is -0.478 e. The average Bonchev–Trinajstić information content (AvgIpc) is 2.91. The highest BCUT2D eigenvalue weighted by Gasteiger charge is 2.19. The fourth-order valence-corrected chi connectivity index (χ4v) is 2.99. The summed E-state index contributed by atoms with van der Waals surface area (Å²) in [5.41, 5.74) is 2.10. The average molecular weight is 286 g/mol. The van der Waals surface area contributed by atoms with Crippen LogP contribution in [-0.2, 0) is 11.2 Å². The number of nitrogens with one attached hydrogen (secondary N) is 1. The molecule has 2 N–H and O–H groups in total. The van der Waals surface area contributed by atoms with Crippen LogP contribution in [0.5, 0.6) is 0 Å². The predicted molar refractivity (Wildman–Crippen MR) is 79.4 cm³/mol. The largest absolute Gasteiger partial charge is 0.478 e. The molecule has 5 nitrogen and oxygen atoms in total. The Labute approximate surface area is 122 Å². The van der Waals surface area contributed by atoms with Crippen molar-refractivity contribution in [2.24, 2.45) is 0 Å². The Bertz CT molecular complexity index is 690. The molecule has 0 saturated carbocycles. The number of carboxylic acid groups (broad SMARTS) is 1. The van der Waals surface area contributed by atoms with E-state index < -0.39 is 5.97 Å². The van der Waals surface area contributed by atoms with Crippen LogP contribution in [0.4, 0.5) is 0 Å². The van der Waals surface area contributed by atoms with Gasteiger partial charge < -0.3 is 15.0 Å². The fourth-order valence-electron chi connectivity index (χ4n) is 2.99. The number of aromatic carboxylic acids is 1. The highest BCUT2D eigenvalue weighted by atomic mass is 16.4. The van der Waals surface area contributed by atoms with Gasteiger partial charge in [-0.25, -0.2) is 4.79 Å². The molecule has 1 aromatic heterocycles. The molecule has 1 aliphatic heterocycles. The van der Waals surface area contributed by atoms with E-state index in [2.05, 4.69) is 4.98 Å². The van der Waals surface area contributed by atoms with Gasteiger partial charge in [-0.1, -0.05) is 12.1 Å². The smallest absolute Gasteiger partial charge is 0.337 e. The van der Waals surface area contributed by atoms with Gasteiger partial charge >= 0.3 is 5.97 Å². The molecule has 0 spiro atoms. The molecular formula is C16H18N2O3. The molecule has 21 heavy (non-hydrogen) atoms. The van der Waals surface area contributed by atoms with E-state index in [0.29, 0.717) is 24.9 Å². The minimum absolute atomic E-state index is 0.209. The lowest BCUT2D eigenvalue weighted by Gasteiger charge is -2.26. The summed E-state index contributed by atoms with van der Waals surface area (Å²) >= 11 is 0. The van der Waals surface area contributed by atoms with Crippen LogP contribution in [0.2, 0.25) is 0 Å². The lowest BCUT2D eigenvalue weighted by molar-refractivity contribution is -0.133. The van der Waals surface area contributed by atoms with Gasteiger partial charge in [-0.05, 0) is 30.9 Å². The summed E-state index contributed by atoms with van der Waals surface area (Å²) < 4.78 is 0. The Kier molecular flexibility index (Phi) is 3.64. The lowest BCUT2D eigenvalue weighted by Crippen LogP contribution is -2.36. The molecule has 1 fully saturated rings. The Morgan fingerprint density at radius 2 is 2.19 bits per heavy atom. The second-order valence-electron chi connectivity index (χ2n) is 5.44. The van der Waals surface area contributed by atoms with E-state index in [-0.39, 0.29) is 5.91 Å². The maximum atomic E-state index is 11.8. The number of aromatic nitrogens is 1. The quantitative estimate of drug-likeness (QED) is 0.906. The molecule has 1 amide bonds. The first-order chi connectivity index (χ1) is 10.2. The van der Waals surface area contributed by atoms with Crippen LogP contribution < -0.4 is 0 Å². The van der Waals surface area contributed by atoms with Gasteiger partial charge in [0.15, 0.2) is 0 Å². The summed E-state index contributed by atoms with van der Waals surface area (Å²) in [6.07, 6.45) is 4.88. The third-order valence-electron chi connectivity index (χ3n) is 4.09. The third kappa shape index (κ3) is 2.63. The zero-order valence-corrected chi connectivity index (χ0v) is 11.8. The van der Waals surface area contributed by atoms with E-state index >= 15 is 0 Å². The number of rotatable bonds is 4. The first-order valence-electron chi connectivity index (χ1n) is 7.27. The number of H-pyrrole nitrogens is 1. The number of piperidine rings is 1. The summed E-state index contributed by atoms with van der Waals surface area (Å²) in [5.74, 6) is -0.719. The SMILES string of the molecule is O=C(O)c1c[nH]c2cccc(CCN3CCCCC3=O)c12. The van der Waals surface area contributed by atoms with Crippen LogP contribution in [-0.4, -0.2) is 40.0 Å². The molecule has 2 heterocycles. The van der Waals surface area contributed by atoms with Crippen LogP contribution in [0.15, 0.2) is 24.4 Å². The molecule has 0 radical (unpaired) electrons. The monoisotopic (exact) mass is 286 g/mol. The second kappa shape index (κ2) is 5.60. The van der Waals surface area contributed by atoms with Crippen molar-refractivity contribution >= 4 is 22.8 Å². The van der Waals surface area contributed by atoms with Gasteiger partial charge in [0.2, 0.25) is 5.91 Å². The van der Waals surface area contributed by atoms with Gasteiger partial charge in [0, 0.05) is 36.6 Å². The van der Waals surface area contributed by atoms with Crippen LogP contribution in [0.25, 0.3) is 10.9 Å². The number of hydrogen-bond donors (Lipinski definition) is 2. The van der Waals surface area contributed by atoms with Gasteiger partial charge in [-0.2, -0.15) is 0 Å². The first kappa shape index (κ1) is 13.7. The number of aromatic amines is 1. The zero-order valence-electron chi connectivity index (χ0n) is 11.8. The lowest BCUT2D eigenvalue weighted by atomic mass is 10.0. The number of benzene rings is 1. The predicted octanol–water partition coefficient (Wildman–Crippen LogP) is 2.42. The number of carboxylic acids is 1. The molecule has 110 valence electrons. The standard InChI is InChI=1S/C16H18N2O3/c19-14-6-1-2-8-18(14)9-7-11-4-3-5-13-15(11)12(10-17-13)16(20)21/h3-5,10,17H,1-2,6-9H2,(H,20,21). The van der Waals surface area contributed by atoms with E-state index in [9.17, 15) is 14.7 Å². The van der Waals surface area contributed by atoms with Gasteiger partial charge in [-0.3, -0.25) is 4.79 Å². The van der Waals surface area contributed by atoms with Crippen LogP contribution >= 0.6 is 0 Å².